The Bertz CT molecular complexity index is 953. The molecular weight excluding hydrogens is 376 g/mol. The van der Waals surface area contributed by atoms with Gasteiger partial charge in [0.1, 0.15) is 5.75 Å². The zero-order valence-corrected chi connectivity index (χ0v) is 17.8. The molecule has 0 saturated carbocycles. The van der Waals surface area contributed by atoms with Crippen molar-refractivity contribution >= 4 is 15.9 Å². The fraction of sp³-hybridized carbons (Fsp3) is 0.381. The van der Waals surface area contributed by atoms with Gasteiger partial charge < -0.3 is 10.1 Å². The number of nitrogens with one attached hydrogen (secondary N) is 2. The predicted molar refractivity (Wildman–Crippen MR) is 110 cm³/mol. The molecule has 2 rings (SSSR count). The normalized spacial score (nSPS) is 11.5. The van der Waals surface area contributed by atoms with Crippen LogP contribution in [0, 0.1) is 13.8 Å². The van der Waals surface area contributed by atoms with Crippen molar-refractivity contribution in [1.82, 2.24) is 10.0 Å². The summed E-state index contributed by atoms with van der Waals surface area (Å²) in [6.07, 6.45) is 0.614. The lowest BCUT2D eigenvalue weighted by atomic mass is 10.1. The maximum absolute atomic E-state index is 12.6. The summed E-state index contributed by atoms with van der Waals surface area (Å²) in [6, 6.07) is 10.3. The van der Waals surface area contributed by atoms with Crippen molar-refractivity contribution in [3.63, 3.8) is 0 Å². The minimum absolute atomic E-state index is 0.0808. The number of sulfonamides is 1. The molecule has 0 saturated heterocycles. The van der Waals surface area contributed by atoms with E-state index in [4.69, 9.17) is 4.74 Å². The molecule has 1 amide bonds. The molecule has 0 aliphatic carbocycles. The SMILES string of the molecule is COc1ccc(C)cc1CCNC(=O)c1cc(S(=O)(=O)NC(C)C)ccc1C. The first-order chi connectivity index (χ1) is 13.1. The molecule has 0 radical (unpaired) electrons. The minimum atomic E-state index is -3.66. The van der Waals surface area contributed by atoms with E-state index in [2.05, 4.69) is 10.0 Å². The average Bonchev–Trinajstić information content (AvgIpc) is 2.61. The molecule has 0 aromatic heterocycles. The van der Waals surface area contributed by atoms with Gasteiger partial charge in [0.2, 0.25) is 10.0 Å². The van der Waals surface area contributed by atoms with Crippen LogP contribution in [0.25, 0.3) is 0 Å². The highest BCUT2D eigenvalue weighted by Gasteiger charge is 2.19. The number of benzene rings is 2. The molecule has 0 heterocycles. The van der Waals surface area contributed by atoms with E-state index >= 15 is 0 Å². The molecule has 0 atom stereocenters. The van der Waals surface area contributed by atoms with Crippen molar-refractivity contribution in [2.45, 2.75) is 45.1 Å². The highest BCUT2D eigenvalue weighted by Crippen LogP contribution is 2.20. The van der Waals surface area contributed by atoms with Crippen LogP contribution in [0.1, 0.15) is 40.9 Å². The lowest BCUT2D eigenvalue weighted by molar-refractivity contribution is 0.0953. The summed E-state index contributed by atoms with van der Waals surface area (Å²) >= 11 is 0. The van der Waals surface area contributed by atoms with Gasteiger partial charge in [-0.05, 0) is 63.4 Å². The zero-order chi connectivity index (χ0) is 20.9. The van der Waals surface area contributed by atoms with E-state index in [0.717, 1.165) is 16.9 Å². The van der Waals surface area contributed by atoms with Crippen molar-refractivity contribution in [3.8, 4) is 5.75 Å². The fourth-order valence-corrected chi connectivity index (χ4v) is 4.18. The van der Waals surface area contributed by atoms with Crippen LogP contribution in [0.2, 0.25) is 0 Å². The van der Waals surface area contributed by atoms with Crippen LogP contribution in [0.15, 0.2) is 41.3 Å². The highest BCUT2D eigenvalue weighted by molar-refractivity contribution is 7.89. The Hall–Kier alpha value is -2.38. The van der Waals surface area contributed by atoms with E-state index in [1.807, 2.05) is 25.1 Å². The van der Waals surface area contributed by atoms with E-state index in [-0.39, 0.29) is 16.8 Å². The third kappa shape index (κ3) is 5.56. The fourth-order valence-electron chi connectivity index (χ4n) is 2.90. The monoisotopic (exact) mass is 404 g/mol. The number of hydrogen-bond donors (Lipinski definition) is 2. The maximum Gasteiger partial charge on any atom is 0.251 e. The lowest BCUT2D eigenvalue weighted by Crippen LogP contribution is -2.31. The van der Waals surface area contributed by atoms with Gasteiger partial charge in [0.25, 0.3) is 5.91 Å². The third-order valence-electron chi connectivity index (χ3n) is 4.27. The summed E-state index contributed by atoms with van der Waals surface area (Å²) in [6.45, 7) is 7.70. The van der Waals surface area contributed by atoms with Gasteiger partial charge in [-0.2, -0.15) is 0 Å². The molecule has 0 aliphatic heterocycles. The minimum Gasteiger partial charge on any atom is -0.496 e. The van der Waals surface area contributed by atoms with Gasteiger partial charge in [-0.15, -0.1) is 0 Å². The quantitative estimate of drug-likeness (QED) is 0.708. The third-order valence-corrected chi connectivity index (χ3v) is 5.93. The van der Waals surface area contributed by atoms with Crippen molar-refractivity contribution < 1.29 is 17.9 Å². The molecule has 6 nitrogen and oxygen atoms in total. The summed E-state index contributed by atoms with van der Waals surface area (Å²) in [7, 11) is -2.04. The number of methoxy groups -OCH3 is 1. The lowest BCUT2D eigenvalue weighted by Gasteiger charge is -2.13. The van der Waals surface area contributed by atoms with Gasteiger partial charge in [-0.1, -0.05) is 23.8 Å². The Morgan fingerprint density at radius 3 is 2.46 bits per heavy atom. The van der Waals surface area contributed by atoms with E-state index in [0.29, 0.717) is 24.1 Å². The molecule has 152 valence electrons. The number of aryl methyl sites for hydroxylation is 2. The Labute approximate surface area is 167 Å². The molecule has 2 aromatic carbocycles. The number of ether oxygens (including phenoxy) is 1. The molecule has 2 N–H and O–H groups in total. The van der Waals surface area contributed by atoms with Crippen LogP contribution in [0.5, 0.6) is 5.75 Å². The van der Waals surface area contributed by atoms with Gasteiger partial charge in [-0.25, -0.2) is 13.1 Å². The molecule has 0 spiro atoms. The second-order valence-corrected chi connectivity index (χ2v) is 8.79. The molecule has 28 heavy (non-hydrogen) atoms. The van der Waals surface area contributed by atoms with E-state index < -0.39 is 10.0 Å². The number of carbonyl (C=O) groups is 1. The number of amides is 1. The molecule has 0 fully saturated rings. The summed E-state index contributed by atoms with van der Waals surface area (Å²) in [5.41, 5.74) is 3.20. The van der Waals surface area contributed by atoms with Crippen LogP contribution >= 0.6 is 0 Å². The molecule has 2 aromatic rings. The first-order valence-electron chi connectivity index (χ1n) is 9.18. The Balaban J connectivity index is 2.12. The number of rotatable bonds is 8. The van der Waals surface area contributed by atoms with Gasteiger partial charge in [0.15, 0.2) is 0 Å². The Kier molecular flexibility index (Phi) is 7.21. The first-order valence-corrected chi connectivity index (χ1v) is 10.7. The van der Waals surface area contributed by atoms with Gasteiger partial charge >= 0.3 is 0 Å². The second-order valence-electron chi connectivity index (χ2n) is 7.07. The Morgan fingerprint density at radius 2 is 1.82 bits per heavy atom. The molecule has 0 aliphatic rings. The summed E-state index contributed by atoms with van der Waals surface area (Å²) in [4.78, 5) is 12.7. The van der Waals surface area contributed by atoms with E-state index in [1.54, 1.807) is 33.9 Å². The van der Waals surface area contributed by atoms with Crippen molar-refractivity contribution in [2.24, 2.45) is 0 Å². The first kappa shape index (κ1) is 21.9. The van der Waals surface area contributed by atoms with Crippen molar-refractivity contribution in [2.75, 3.05) is 13.7 Å². The van der Waals surface area contributed by atoms with Gasteiger partial charge in [0.05, 0.1) is 12.0 Å². The molecule has 7 heteroatoms. The van der Waals surface area contributed by atoms with Crippen molar-refractivity contribution in [3.05, 3.63) is 58.7 Å². The van der Waals surface area contributed by atoms with Crippen LogP contribution in [0.3, 0.4) is 0 Å². The van der Waals surface area contributed by atoms with E-state index in [9.17, 15) is 13.2 Å². The van der Waals surface area contributed by atoms with Gasteiger partial charge in [-0.3, -0.25) is 4.79 Å². The largest absolute Gasteiger partial charge is 0.496 e. The summed E-state index contributed by atoms with van der Waals surface area (Å²) < 4.78 is 32.6. The highest BCUT2D eigenvalue weighted by atomic mass is 32.2. The van der Waals surface area contributed by atoms with Crippen LogP contribution in [-0.2, 0) is 16.4 Å². The predicted octanol–water partition coefficient (Wildman–Crippen LogP) is 2.97. The average molecular weight is 405 g/mol. The zero-order valence-electron chi connectivity index (χ0n) is 17.0. The molecular formula is C21H28N2O4S. The van der Waals surface area contributed by atoms with Gasteiger partial charge in [0, 0.05) is 18.2 Å². The molecule has 0 unspecified atom stereocenters. The summed E-state index contributed by atoms with van der Waals surface area (Å²) in [5.74, 6) is 0.481. The molecule has 0 bridgehead atoms. The summed E-state index contributed by atoms with van der Waals surface area (Å²) in [5, 5.41) is 2.87. The topological polar surface area (TPSA) is 84.5 Å². The van der Waals surface area contributed by atoms with Crippen LogP contribution in [-0.4, -0.2) is 34.0 Å². The van der Waals surface area contributed by atoms with Crippen LogP contribution in [0.4, 0.5) is 0 Å². The van der Waals surface area contributed by atoms with E-state index in [1.165, 1.54) is 12.1 Å². The number of hydrogen-bond acceptors (Lipinski definition) is 4. The smallest absolute Gasteiger partial charge is 0.251 e. The maximum atomic E-state index is 12.6. The standard InChI is InChI=1S/C21H28N2O4S/c1-14(2)23-28(25,26)18-8-7-16(4)19(13-18)21(24)22-11-10-17-12-15(3)6-9-20(17)27-5/h6-9,12-14,23H,10-11H2,1-5H3,(H,22,24). The second kappa shape index (κ2) is 9.21. The van der Waals surface area contributed by atoms with Crippen molar-refractivity contribution in [1.29, 1.82) is 0 Å². The number of carbonyl (C=O) groups excluding carboxylic acids is 1. The van der Waals surface area contributed by atoms with Crippen LogP contribution < -0.4 is 14.8 Å². The Morgan fingerprint density at radius 1 is 1.11 bits per heavy atom.